The minimum atomic E-state index is -0.226. The summed E-state index contributed by atoms with van der Waals surface area (Å²) in [4.78, 5) is 12.4. The lowest BCUT2D eigenvalue weighted by Gasteiger charge is -2.13. The molecule has 5 nitrogen and oxygen atoms in total. The minimum Gasteiger partial charge on any atom is -0.494 e. The van der Waals surface area contributed by atoms with Crippen molar-refractivity contribution in [2.75, 3.05) is 19.0 Å². The fourth-order valence-corrected chi connectivity index (χ4v) is 3.81. The van der Waals surface area contributed by atoms with Crippen LogP contribution in [0.15, 0.2) is 77.3 Å². The van der Waals surface area contributed by atoms with Crippen molar-refractivity contribution >= 4 is 33.6 Å². The van der Waals surface area contributed by atoms with E-state index in [-0.39, 0.29) is 5.91 Å². The van der Waals surface area contributed by atoms with Crippen molar-refractivity contribution in [3.8, 4) is 17.2 Å². The number of methoxy groups -OCH3 is 1. The first-order valence-corrected chi connectivity index (χ1v) is 12.1. The molecule has 3 aromatic rings. The van der Waals surface area contributed by atoms with Crippen molar-refractivity contribution in [2.45, 2.75) is 32.8 Å². The number of hydrogen-bond donors (Lipinski definition) is 1. The van der Waals surface area contributed by atoms with Gasteiger partial charge in [0.2, 0.25) is 5.91 Å². The summed E-state index contributed by atoms with van der Waals surface area (Å²) in [6.07, 6.45) is 6.58. The molecule has 3 rings (SSSR count). The largest absolute Gasteiger partial charge is 0.494 e. The van der Waals surface area contributed by atoms with Crippen LogP contribution in [-0.4, -0.2) is 19.6 Å². The molecule has 1 N–H and O–H groups in total. The van der Waals surface area contributed by atoms with Gasteiger partial charge in [0.05, 0.1) is 18.2 Å². The van der Waals surface area contributed by atoms with Gasteiger partial charge in [0, 0.05) is 11.8 Å². The normalized spacial score (nSPS) is 10.8. The van der Waals surface area contributed by atoms with E-state index in [4.69, 9.17) is 14.2 Å². The topological polar surface area (TPSA) is 56.8 Å². The lowest BCUT2D eigenvalue weighted by Crippen LogP contribution is -2.07. The van der Waals surface area contributed by atoms with E-state index in [2.05, 4.69) is 28.2 Å². The molecule has 0 aliphatic heterocycles. The van der Waals surface area contributed by atoms with E-state index in [0.29, 0.717) is 30.4 Å². The van der Waals surface area contributed by atoms with Crippen LogP contribution in [0.1, 0.15) is 37.3 Å². The SMILES string of the molecule is CCCCCOc1ccc(NC(=O)C=Cc2cc(Br)c(OCc3ccccc3)c(OC)c2)cc1. The van der Waals surface area contributed by atoms with E-state index in [1.54, 1.807) is 13.2 Å². The Morgan fingerprint density at radius 1 is 1.00 bits per heavy atom. The van der Waals surface area contributed by atoms with Gasteiger partial charge in [0.1, 0.15) is 12.4 Å². The van der Waals surface area contributed by atoms with Crippen LogP contribution in [0, 0.1) is 0 Å². The van der Waals surface area contributed by atoms with Gasteiger partial charge < -0.3 is 19.5 Å². The van der Waals surface area contributed by atoms with E-state index >= 15 is 0 Å². The highest BCUT2D eigenvalue weighted by molar-refractivity contribution is 9.10. The van der Waals surface area contributed by atoms with Crippen molar-refractivity contribution in [1.82, 2.24) is 0 Å². The van der Waals surface area contributed by atoms with Gasteiger partial charge in [-0.25, -0.2) is 0 Å². The molecule has 34 heavy (non-hydrogen) atoms. The smallest absolute Gasteiger partial charge is 0.248 e. The van der Waals surface area contributed by atoms with Crippen LogP contribution in [0.3, 0.4) is 0 Å². The maximum atomic E-state index is 12.4. The van der Waals surface area contributed by atoms with E-state index in [9.17, 15) is 4.79 Å². The van der Waals surface area contributed by atoms with E-state index in [1.807, 2.05) is 66.7 Å². The first kappa shape index (κ1) is 25.4. The van der Waals surface area contributed by atoms with Crippen molar-refractivity contribution in [2.24, 2.45) is 0 Å². The maximum Gasteiger partial charge on any atom is 0.248 e. The van der Waals surface area contributed by atoms with Gasteiger partial charge in [-0.05, 0) is 76.0 Å². The van der Waals surface area contributed by atoms with Crippen LogP contribution in [0.2, 0.25) is 0 Å². The fourth-order valence-electron chi connectivity index (χ4n) is 3.24. The minimum absolute atomic E-state index is 0.226. The molecular formula is C28H30BrNO4. The predicted molar refractivity (Wildman–Crippen MR) is 141 cm³/mol. The number of rotatable bonds is 12. The van der Waals surface area contributed by atoms with Crippen LogP contribution in [0.4, 0.5) is 5.69 Å². The Labute approximate surface area is 209 Å². The van der Waals surface area contributed by atoms with E-state index < -0.39 is 0 Å². The summed E-state index contributed by atoms with van der Waals surface area (Å²) >= 11 is 3.56. The summed E-state index contributed by atoms with van der Waals surface area (Å²) in [7, 11) is 1.59. The molecule has 0 atom stereocenters. The third-order valence-electron chi connectivity index (χ3n) is 5.04. The number of anilines is 1. The summed E-state index contributed by atoms with van der Waals surface area (Å²) in [5, 5.41) is 2.86. The highest BCUT2D eigenvalue weighted by atomic mass is 79.9. The van der Waals surface area contributed by atoms with Crippen molar-refractivity contribution in [3.05, 3.63) is 88.4 Å². The number of nitrogens with one attached hydrogen (secondary N) is 1. The summed E-state index contributed by atoms with van der Waals surface area (Å²) < 4.78 is 17.9. The Morgan fingerprint density at radius 2 is 1.76 bits per heavy atom. The number of carbonyl (C=O) groups is 1. The van der Waals surface area contributed by atoms with Crippen molar-refractivity contribution in [1.29, 1.82) is 0 Å². The van der Waals surface area contributed by atoms with Gasteiger partial charge >= 0.3 is 0 Å². The Kier molecular flexibility index (Phi) is 10.0. The second-order valence-corrected chi connectivity index (χ2v) is 8.57. The van der Waals surface area contributed by atoms with Crippen molar-refractivity contribution < 1.29 is 19.0 Å². The van der Waals surface area contributed by atoms with Crippen LogP contribution < -0.4 is 19.5 Å². The molecule has 0 saturated carbocycles. The number of carbonyl (C=O) groups excluding carboxylic acids is 1. The molecule has 0 fully saturated rings. The van der Waals surface area contributed by atoms with Gasteiger partial charge in [0.25, 0.3) is 0 Å². The first-order chi connectivity index (χ1) is 16.6. The van der Waals surface area contributed by atoms with E-state index in [1.165, 1.54) is 6.08 Å². The number of amides is 1. The third-order valence-corrected chi connectivity index (χ3v) is 5.63. The molecular weight excluding hydrogens is 494 g/mol. The zero-order valence-electron chi connectivity index (χ0n) is 19.6. The molecule has 1 amide bonds. The third kappa shape index (κ3) is 7.96. The Bertz CT molecular complexity index is 1080. The quantitative estimate of drug-likeness (QED) is 0.200. The molecule has 0 aliphatic rings. The molecule has 0 unspecified atom stereocenters. The maximum absolute atomic E-state index is 12.4. The summed E-state index contributed by atoms with van der Waals surface area (Å²) in [6, 6.07) is 21.0. The lowest BCUT2D eigenvalue weighted by molar-refractivity contribution is -0.111. The standard InChI is InChI=1S/C28H30BrNO4/c1-3-4-8-17-33-24-14-12-23(13-15-24)30-27(31)16-11-22-18-25(29)28(26(19-22)32-2)34-20-21-9-6-5-7-10-21/h5-7,9-16,18-19H,3-4,8,17,20H2,1-2H3,(H,30,31). The molecule has 0 bridgehead atoms. The average Bonchev–Trinajstić information content (AvgIpc) is 2.86. The molecule has 0 spiro atoms. The second kappa shape index (κ2) is 13.5. The molecule has 0 radical (unpaired) electrons. The zero-order chi connectivity index (χ0) is 24.2. The number of halogens is 1. The molecule has 0 aromatic heterocycles. The van der Waals surface area contributed by atoms with Gasteiger partial charge in [-0.1, -0.05) is 50.1 Å². The molecule has 0 saturated heterocycles. The van der Waals surface area contributed by atoms with Crippen LogP contribution in [0.25, 0.3) is 6.08 Å². The fraction of sp³-hybridized carbons (Fsp3) is 0.250. The highest BCUT2D eigenvalue weighted by Gasteiger charge is 2.11. The monoisotopic (exact) mass is 523 g/mol. The summed E-state index contributed by atoms with van der Waals surface area (Å²) in [6.45, 7) is 3.30. The second-order valence-electron chi connectivity index (χ2n) is 7.71. The molecule has 6 heteroatoms. The van der Waals surface area contributed by atoms with Crippen LogP contribution in [0.5, 0.6) is 17.2 Å². The number of ether oxygens (including phenoxy) is 3. The van der Waals surface area contributed by atoms with Gasteiger partial charge in [-0.15, -0.1) is 0 Å². The van der Waals surface area contributed by atoms with E-state index in [0.717, 1.165) is 40.6 Å². The molecule has 3 aromatic carbocycles. The Hall–Kier alpha value is -3.25. The molecule has 0 heterocycles. The number of benzene rings is 3. The average molecular weight is 524 g/mol. The molecule has 178 valence electrons. The highest BCUT2D eigenvalue weighted by Crippen LogP contribution is 2.37. The predicted octanol–water partition coefficient (Wildman–Crippen LogP) is 7.26. The first-order valence-electron chi connectivity index (χ1n) is 11.3. The summed E-state index contributed by atoms with van der Waals surface area (Å²) in [5.41, 5.74) is 2.58. The lowest BCUT2D eigenvalue weighted by atomic mass is 10.2. The number of hydrogen-bond acceptors (Lipinski definition) is 4. The zero-order valence-corrected chi connectivity index (χ0v) is 21.1. The van der Waals surface area contributed by atoms with Crippen LogP contribution >= 0.6 is 15.9 Å². The van der Waals surface area contributed by atoms with Gasteiger partial charge in [0.15, 0.2) is 11.5 Å². The van der Waals surface area contributed by atoms with Crippen LogP contribution in [-0.2, 0) is 11.4 Å². The van der Waals surface area contributed by atoms with Gasteiger partial charge in [-0.2, -0.15) is 0 Å². The molecule has 0 aliphatic carbocycles. The summed E-state index contributed by atoms with van der Waals surface area (Å²) in [5.74, 6) is 1.78. The Morgan fingerprint density at radius 3 is 2.47 bits per heavy atom. The van der Waals surface area contributed by atoms with Crippen molar-refractivity contribution in [3.63, 3.8) is 0 Å². The Balaban J connectivity index is 1.57. The number of unbranched alkanes of at least 4 members (excludes halogenated alkanes) is 2. The van der Waals surface area contributed by atoms with Gasteiger partial charge in [-0.3, -0.25) is 4.79 Å².